The monoisotopic (exact) mass is 283 g/mol. The summed E-state index contributed by atoms with van der Waals surface area (Å²) in [4.78, 5) is 0. The fourth-order valence-corrected chi connectivity index (χ4v) is 2.42. The Labute approximate surface area is 119 Å². The van der Waals surface area contributed by atoms with Gasteiger partial charge >= 0.3 is 0 Å². The number of hydrogen-bond donors (Lipinski definition) is 2. The lowest BCUT2D eigenvalue weighted by Crippen LogP contribution is -2.51. The van der Waals surface area contributed by atoms with Crippen molar-refractivity contribution >= 4 is 11.6 Å². The van der Waals surface area contributed by atoms with Gasteiger partial charge in [-0.2, -0.15) is 0 Å². The summed E-state index contributed by atoms with van der Waals surface area (Å²) in [5.41, 5.74) is 1.18. The molecule has 2 N–H and O–H groups in total. The van der Waals surface area contributed by atoms with Gasteiger partial charge in [0.1, 0.15) is 0 Å². The van der Waals surface area contributed by atoms with Crippen molar-refractivity contribution in [3.8, 4) is 0 Å². The van der Waals surface area contributed by atoms with Crippen molar-refractivity contribution in [1.29, 1.82) is 0 Å². The van der Waals surface area contributed by atoms with Gasteiger partial charge in [0.2, 0.25) is 0 Å². The van der Waals surface area contributed by atoms with E-state index in [9.17, 15) is 5.11 Å². The maximum absolute atomic E-state index is 9.86. The minimum absolute atomic E-state index is 0.226. The first kappa shape index (κ1) is 14.8. The van der Waals surface area contributed by atoms with E-state index >= 15 is 0 Å². The average molecular weight is 284 g/mol. The summed E-state index contributed by atoms with van der Waals surface area (Å²) < 4.78 is 5.50. The van der Waals surface area contributed by atoms with Crippen LogP contribution in [-0.4, -0.2) is 29.9 Å². The molecule has 1 unspecified atom stereocenters. The van der Waals surface area contributed by atoms with Crippen LogP contribution in [-0.2, 0) is 11.3 Å². The maximum Gasteiger partial charge on any atom is 0.0898 e. The van der Waals surface area contributed by atoms with E-state index < -0.39 is 6.10 Å². The topological polar surface area (TPSA) is 41.5 Å². The Morgan fingerprint density at radius 2 is 2.16 bits per heavy atom. The van der Waals surface area contributed by atoms with Gasteiger partial charge in [0.15, 0.2) is 0 Å². The lowest BCUT2D eigenvalue weighted by molar-refractivity contribution is 0.0218. The third kappa shape index (κ3) is 4.46. The fraction of sp³-hybridized carbons (Fsp3) is 0.600. The predicted octanol–water partition coefficient (Wildman–Crippen LogP) is 2.75. The van der Waals surface area contributed by atoms with Crippen molar-refractivity contribution in [2.24, 2.45) is 0 Å². The van der Waals surface area contributed by atoms with Crippen LogP contribution in [0.25, 0.3) is 0 Å². The van der Waals surface area contributed by atoms with Crippen LogP contribution in [0.5, 0.6) is 0 Å². The number of nitrogens with one attached hydrogen (secondary N) is 1. The zero-order valence-electron chi connectivity index (χ0n) is 11.4. The zero-order chi connectivity index (χ0) is 13.7. The minimum atomic E-state index is -0.472. The van der Waals surface area contributed by atoms with Gasteiger partial charge in [0, 0.05) is 17.1 Å². The van der Waals surface area contributed by atoms with Gasteiger partial charge in [-0.15, -0.1) is 0 Å². The molecule has 0 spiro atoms. The predicted molar refractivity (Wildman–Crippen MR) is 77.4 cm³/mol. The molecule has 0 aromatic heterocycles. The quantitative estimate of drug-likeness (QED) is 0.808. The lowest BCUT2D eigenvalue weighted by Gasteiger charge is -2.40. The third-order valence-electron chi connectivity index (χ3n) is 3.75. The highest BCUT2D eigenvalue weighted by molar-refractivity contribution is 6.31. The smallest absolute Gasteiger partial charge is 0.0898 e. The summed E-state index contributed by atoms with van der Waals surface area (Å²) in [6.45, 7) is 3.55. The Morgan fingerprint density at radius 1 is 1.42 bits per heavy atom. The highest BCUT2D eigenvalue weighted by atomic mass is 35.5. The van der Waals surface area contributed by atoms with Crippen LogP contribution in [0.2, 0.25) is 5.02 Å². The van der Waals surface area contributed by atoms with Crippen LogP contribution in [0, 0.1) is 0 Å². The molecule has 2 rings (SSSR count). The van der Waals surface area contributed by atoms with Crippen molar-refractivity contribution in [3.05, 3.63) is 34.9 Å². The van der Waals surface area contributed by atoms with Crippen molar-refractivity contribution in [3.63, 3.8) is 0 Å². The highest BCUT2D eigenvalue weighted by Gasteiger charge is 2.31. The normalized spacial score (nSPS) is 18.9. The van der Waals surface area contributed by atoms with Crippen molar-refractivity contribution < 1.29 is 9.84 Å². The van der Waals surface area contributed by atoms with E-state index in [0.29, 0.717) is 24.8 Å². The molecule has 1 aliphatic carbocycles. The number of halogens is 1. The molecular weight excluding hydrogens is 262 g/mol. The number of β-amino-alcohol motifs (C(OH)–C–C–N with tert-alkyl or cyclic N) is 1. The van der Waals surface area contributed by atoms with Crippen LogP contribution in [0.3, 0.4) is 0 Å². The van der Waals surface area contributed by atoms with E-state index in [1.807, 2.05) is 24.3 Å². The number of hydrogen-bond acceptors (Lipinski definition) is 3. The van der Waals surface area contributed by atoms with E-state index in [1.165, 1.54) is 19.3 Å². The number of rotatable bonds is 7. The summed E-state index contributed by atoms with van der Waals surface area (Å²) in [5, 5.41) is 14.0. The second kappa shape index (κ2) is 6.71. The molecule has 0 aliphatic heterocycles. The first-order chi connectivity index (χ1) is 9.09. The van der Waals surface area contributed by atoms with Gasteiger partial charge in [0.05, 0.1) is 19.3 Å². The molecule has 1 aromatic carbocycles. The molecule has 1 atom stereocenters. The van der Waals surface area contributed by atoms with Gasteiger partial charge in [-0.3, -0.25) is 0 Å². The molecule has 0 saturated heterocycles. The molecule has 3 nitrogen and oxygen atoms in total. The van der Waals surface area contributed by atoms with Gasteiger partial charge in [-0.05, 0) is 37.8 Å². The second-order valence-corrected chi connectivity index (χ2v) is 5.96. The molecule has 0 radical (unpaired) electrons. The van der Waals surface area contributed by atoms with Crippen molar-refractivity contribution in [2.75, 3.05) is 13.2 Å². The molecule has 4 heteroatoms. The summed E-state index contributed by atoms with van der Waals surface area (Å²) in [6, 6.07) is 7.60. The van der Waals surface area contributed by atoms with Crippen LogP contribution in [0.4, 0.5) is 0 Å². The van der Waals surface area contributed by atoms with Gasteiger partial charge < -0.3 is 15.2 Å². The minimum Gasteiger partial charge on any atom is -0.389 e. The number of benzene rings is 1. The van der Waals surface area contributed by atoms with E-state index in [2.05, 4.69) is 12.2 Å². The Hall–Kier alpha value is -0.610. The van der Waals surface area contributed by atoms with Crippen LogP contribution < -0.4 is 5.32 Å². The SMILES string of the molecule is CC1(NCC(O)COCc2ccccc2Cl)CCC1. The van der Waals surface area contributed by atoms with Crippen LogP contribution in [0.15, 0.2) is 24.3 Å². The first-order valence-electron chi connectivity index (χ1n) is 6.83. The Kier molecular flexibility index (Phi) is 5.22. The molecule has 1 saturated carbocycles. The number of aliphatic hydroxyl groups excluding tert-OH is 1. The summed E-state index contributed by atoms with van der Waals surface area (Å²) >= 11 is 6.03. The standard InChI is InChI=1S/C15H22ClNO2/c1-15(7-4-8-15)17-9-13(18)11-19-10-12-5-2-3-6-14(12)16/h2-3,5-6,13,17-18H,4,7-11H2,1H3. The molecular formula is C15H22ClNO2. The van der Waals surface area contributed by atoms with Crippen LogP contribution >= 0.6 is 11.6 Å². The van der Waals surface area contributed by atoms with Crippen LogP contribution in [0.1, 0.15) is 31.7 Å². The molecule has 1 fully saturated rings. The van der Waals surface area contributed by atoms with Gasteiger partial charge in [0.25, 0.3) is 0 Å². The van der Waals surface area contributed by atoms with E-state index in [1.54, 1.807) is 0 Å². The fourth-order valence-electron chi connectivity index (χ4n) is 2.23. The van der Waals surface area contributed by atoms with E-state index in [4.69, 9.17) is 16.3 Å². The maximum atomic E-state index is 9.86. The summed E-state index contributed by atoms with van der Waals surface area (Å²) in [6.07, 6.45) is 3.20. The van der Waals surface area contributed by atoms with Gasteiger partial charge in [-0.1, -0.05) is 29.8 Å². The Balaban J connectivity index is 1.64. The largest absolute Gasteiger partial charge is 0.389 e. The highest BCUT2D eigenvalue weighted by Crippen LogP contribution is 2.30. The first-order valence-corrected chi connectivity index (χ1v) is 7.21. The molecule has 0 heterocycles. The number of aliphatic hydroxyl groups is 1. The van der Waals surface area contributed by atoms with Crippen molar-refractivity contribution in [2.45, 2.75) is 44.4 Å². The summed E-state index contributed by atoms with van der Waals surface area (Å²) in [5.74, 6) is 0. The van der Waals surface area contributed by atoms with Crippen molar-refractivity contribution in [1.82, 2.24) is 5.32 Å². The molecule has 1 aliphatic rings. The third-order valence-corrected chi connectivity index (χ3v) is 4.12. The molecule has 106 valence electrons. The van der Waals surface area contributed by atoms with Gasteiger partial charge in [-0.25, -0.2) is 0 Å². The summed E-state index contributed by atoms with van der Waals surface area (Å²) in [7, 11) is 0. The molecule has 19 heavy (non-hydrogen) atoms. The Bertz CT molecular complexity index is 407. The van der Waals surface area contributed by atoms with E-state index in [-0.39, 0.29) is 5.54 Å². The average Bonchev–Trinajstić information content (AvgIpc) is 2.36. The second-order valence-electron chi connectivity index (χ2n) is 5.56. The Morgan fingerprint density at radius 3 is 2.79 bits per heavy atom. The zero-order valence-corrected chi connectivity index (χ0v) is 12.1. The molecule has 0 bridgehead atoms. The molecule has 0 amide bonds. The lowest BCUT2D eigenvalue weighted by atomic mass is 9.78. The molecule has 1 aromatic rings. The number of ether oxygens (including phenoxy) is 1. The van der Waals surface area contributed by atoms with E-state index in [0.717, 1.165) is 5.56 Å².